The number of nitriles is 1. The number of amides is 1. The fraction of sp³-hybridized carbons (Fsp3) is 0.353. The normalized spacial score (nSPS) is 17.1. The summed E-state index contributed by atoms with van der Waals surface area (Å²) in [6, 6.07) is 7.53. The second-order valence-electron chi connectivity index (χ2n) is 5.64. The molecule has 2 aromatic rings. The fourth-order valence-electron chi connectivity index (χ4n) is 2.91. The molecule has 0 radical (unpaired) electrons. The zero-order valence-corrected chi connectivity index (χ0v) is 13.2. The maximum absolute atomic E-state index is 12.0. The lowest BCUT2D eigenvalue weighted by Gasteiger charge is -2.32. The van der Waals surface area contributed by atoms with Crippen LogP contribution in [0, 0.1) is 11.3 Å². The Balaban J connectivity index is 1.79. The highest BCUT2D eigenvalue weighted by Gasteiger charge is 2.27. The third-order valence-electron chi connectivity index (χ3n) is 4.03. The zero-order valence-electron chi connectivity index (χ0n) is 13.2. The third-order valence-corrected chi connectivity index (χ3v) is 4.03. The highest BCUT2D eigenvalue weighted by atomic mass is 16.2. The van der Waals surface area contributed by atoms with E-state index in [9.17, 15) is 4.79 Å². The average molecular weight is 322 g/mol. The van der Waals surface area contributed by atoms with Gasteiger partial charge >= 0.3 is 0 Å². The molecular weight excluding hydrogens is 304 g/mol. The van der Waals surface area contributed by atoms with Gasteiger partial charge in [-0.05, 0) is 25.0 Å². The molecule has 0 saturated carbocycles. The summed E-state index contributed by atoms with van der Waals surface area (Å²) in [5, 5.41) is 11.9. The van der Waals surface area contributed by atoms with Gasteiger partial charge in [0.25, 0.3) is 0 Å². The minimum atomic E-state index is -0.120. The Kier molecular flexibility index (Phi) is 4.96. The van der Waals surface area contributed by atoms with E-state index in [1.54, 1.807) is 23.5 Å². The maximum Gasteiger partial charge on any atom is 0.236 e. The van der Waals surface area contributed by atoms with Gasteiger partial charge in [-0.15, -0.1) is 0 Å². The summed E-state index contributed by atoms with van der Waals surface area (Å²) < 4.78 is 0. The molecule has 1 unspecified atom stereocenters. The van der Waals surface area contributed by atoms with Gasteiger partial charge in [0.15, 0.2) is 5.82 Å². The maximum atomic E-state index is 12.0. The predicted octanol–water partition coefficient (Wildman–Crippen LogP) is 2.23. The molecule has 1 aliphatic rings. The number of anilines is 2. The van der Waals surface area contributed by atoms with E-state index in [1.807, 2.05) is 24.3 Å². The van der Waals surface area contributed by atoms with Gasteiger partial charge in [0, 0.05) is 37.6 Å². The molecule has 1 amide bonds. The van der Waals surface area contributed by atoms with E-state index in [4.69, 9.17) is 5.26 Å². The number of carbonyl (C=O) groups excluding carboxylic acids is 1. The van der Waals surface area contributed by atoms with E-state index in [-0.39, 0.29) is 18.2 Å². The highest BCUT2D eigenvalue weighted by molar-refractivity contribution is 5.78. The first kappa shape index (κ1) is 15.9. The van der Waals surface area contributed by atoms with Crippen LogP contribution in [0.5, 0.6) is 0 Å². The van der Waals surface area contributed by atoms with Crippen molar-refractivity contribution in [1.29, 1.82) is 5.26 Å². The summed E-state index contributed by atoms with van der Waals surface area (Å²) >= 11 is 0. The monoisotopic (exact) mass is 322 g/mol. The van der Waals surface area contributed by atoms with Gasteiger partial charge in [-0.1, -0.05) is 6.07 Å². The van der Waals surface area contributed by atoms with Crippen molar-refractivity contribution in [1.82, 2.24) is 19.9 Å². The Morgan fingerprint density at radius 3 is 2.96 bits per heavy atom. The lowest BCUT2D eigenvalue weighted by Crippen LogP contribution is -2.39. The van der Waals surface area contributed by atoms with Crippen molar-refractivity contribution in [3.8, 4) is 6.07 Å². The first-order valence-electron chi connectivity index (χ1n) is 7.91. The molecule has 122 valence electrons. The molecule has 2 aromatic heterocycles. The molecule has 7 heteroatoms. The Bertz CT molecular complexity index is 742. The number of pyridine rings is 1. The minimum absolute atomic E-state index is 0.0772. The number of nitrogens with one attached hydrogen (secondary N) is 1. The van der Waals surface area contributed by atoms with Gasteiger partial charge in [-0.2, -0.15) is 5.26 Å². The molecule has 3 heterocycles. The van der Waals surface area contributed by atoms with Crippen LogP contribution < -0.4 is 5.32 Å². The quantitative estimate of drug-likeness (QED) is 0.927. The SMILES string of the molecule is N#CCC(=O)N1CCCC(c2nccnc2Nc2ccccn2)C1. The number of carbonyl (C=O) groups is 1. The second kappa shape index (κ2) is 7.51. The molecule has 1 fully saturated rings. The first-order valence-corrected chi connectivity index (χ1v) is 7.91. The molecule has 3 rings (SSSR count). The number of nitrogens with zero attached hydrogens (tertiary/aromatic N) is 5. The highest BCUT2D eigenvalue weighted by Crippen LogP contribution is 2.30. The van der Waals surface area contributed by atoms with Crippen LogP contribution in [0.15, 0.2) is 36.8 Å². The number of likely N-dealkylation sites (tertiary alicyclic amines) is 1. The van der Waals surface area contributed by atoms with Crippen molar-refractivity contribution in [3.05, 3.63) is 42.5 Å². The van der Waals surface area contributed by atoms with Crippen molar-refractivity contribution in [2.75, 3.05) is 18.4 Å². The second-order valence-corrected chi connectivity index (χ2v) is 5.64. The van der Waals surface area contributed by atoms with Crippen LogP contribution >= 0.6 is 0 Å². The van der Waals surface area contributed by atoms with E-state index in [1.165, 1.54) is 0 Å². The van der Waals surface area contributed by atoms with Crippen molar-refractivity contribution in [2.45, 2.75) is 25.2 Å². The summed E-state index contributed by atoms with van der Waals surface area (Å²) in [5.41, 5.74) is 0.831. The van der Waals surface area contributed by atoms with Crippen LogP contribution in [-0.2, 0) is 4.79 Å². The van der Waals surface area contributed by atoms with Crippen molar-refractivity contribution < 1.29 is 4.79 Å². The Morgan fingerprint density at radius 1 is 1.29 bits per heavy atom. The fourth-order valence-corrected chi connectivity index (χ4v) is 2.91. The minimum Gasteiger partial charge on any atom is -0.341 e. The van der Waals surface area contributed by atoms with Crippen LogP contribution in [0.1, 0.15) is 30.9 Å². The van der Waals surface area contributed by atoms with Gasteiger partial charge in [0.05, 0.1) is 11.8 Å². The topological polar surface area (TPSA) is 94.8 Å². The van der Waals surface area contributed by atoms with Gasteiger partial charge in [-0.3, -0.25) is 9.78 Å². The predicted molar refractivity (Wildman–Crippen MR) is 88.3 cm³/mol. The Hall–Kier alpha value is -3.01. The van der Waals surface area contributed by atoms with Gasteiger partial charge in [0.1, 0.15) is 12.2 Å². The number of hydrogen-bond acceptors (Lipinski definition) is 6. The van der Waals surface area contributed by atoms with Gasteiger partial charge in [0.2, 0.25) is 5.91 Å². The smallest absolute Gasteiger partial charge is 0.236 e. The molecule has 7 nitrogen and oxygen atoms in total. The largest absolute Gasteiger partial charge is 0.341 e. The molecule has 1 aliphatic heterocycles. The van der Waals surface area contributed by atoms with Gasteiger partial charge in [-0.25, -0.2) is 9.97 Å². The molecule has 1 N–H and O–H groups in total. The molecular formula is C17H18N6O. The van der Waals surface area contributed by atoms with E-state index < -0.39 is 0 Å². The zero-order chi connectivity index (χ0) is 16.8. The molecule has 1 atom stereocenters. The number of piperidine rings is 1. The number of rotatable bonds is 4. The van der Waals surface area contributed by atoms with Crippen LogP contribution in [0.3, 0.4) is 0 Å². The first-order chi connectivity index (χ1) is 11.8. The van der Waals surface area contributed by atoms with E-state index in [0.717, 1.165) is 18.5 Å². The summed E-state index contributed by atoms with van der Waals surface area (Å²) in [4.78, 5) is 26.9. The Morgan fingerprint density at radius 2 is 2.17 bits per heavy atom. The summed E-state index contributed by atoms with van der Waals surface area (Å²) in [5.74, 6) is 1.34. The lowest BCUT2D eigenvalue weighted by atomic mass is 9.94. The Labute approximate surface area is 140 Å². The molecule has 0 aliphatic carbocycles. The van der Waals surface area contributed by atoms with E-state index in [0.29, 0.717) is 24.7 Å². The third kappa shape index (κ3) is 3.66. The number of aromatic nitrogens is 3. The number of hydrogen-bond donors (Lipinski definition) is 1. The van der Waals surface area contributed by atoms with E-state index in [2.05, 4.69) is 20.3 Å². The van der Waals surface area contributed by atoms with Crippen LogP contribution in [0.4, 0.5) is 11.6 Å². The van der Waals surface area contributed by atoms with Crippen LogP contribution in [0.2, 0.25) is 0 Å². The average Bonchev–Trinajstić information content (AvgIpc) is 2.63. The van der Waals surface area contributed by atoms with Crippen LogP contribution in [-0.4, -0.2) is 38.8 Å². The van der Waals surface area contributed by atoms with Gasteiger partial charge < -0.3 is 10.2 Å². The standard InChI is InChI=1S/C17H18N6O/c18-7-6-15(24)23-11-3-4-13(12-23)16-17(21-10-9-20-16)22-14-5-1-2-8-19-14/h1-2,5,8-10,13H,3-4,6,11-12H2,(H,19,21,22). The summed E-state index contributed by atoms with van der Waals surface area (Å²) in [6.07, 6.45) is 6.76. The lowest BCUT2D eigenvalue weighted by molar-refractivity contribution is -0.131. The van der Waals surface area contributed by atoms with Crippen LogP contribution in [0.25, 0.3) is 0 Å². The summed E-state index contributed by atoms with van der Waals surface area (Å²) in [6.45, 7) is 1.26. The van der Waals surface area contributed by atoms with E-state index >= 15 is 0 Å². The molecule has 1 saturated heterocycles. The molecule has 24 heavy (non-hydrogen) atoms. The van der Waals surface area contributed by atoms with Crippen molar-refractivity contribution in [3.63, 3.8) is 0 Å². The molecule has 0 aromatic carbocycles. The van der Waals surface area contributed by atoms with Crippen molar-refractivity contribution in [2.24, 2.45) is 0 Å². The molecule has 0 bridgehead atoms. The molecule has 0 spiro atoms. The summed E-state index contributed by atoms with van der Waals surface area (Å²) in [7, 11) is 0. The van der Waals surface area contributed by atoms with Crippen molar-refractivity contribution >= 4 is 17.5 Å².